The normalized spacial score (nSPS) is 10.1. The Morgan fingerprint density at radius 1 is 1.31 bits per heavy atom. The molecule has 1 aromatic heterocycles. The van der Waals surface area contributed by atoms with E-state index in [-0.39, 0.29) is 26.6 Å². The third kappa shape index (κ3) is 1.80. The first-order chi connectivity index (χ1) is 5.95. The average Bonchev–Trinajstić information content (AvgIpc) is 1.99. The van der Waals surface area contributed by atoms with Crippen molar-refractivity contribution in [3.63, 3.8) is 0 Å². The summed E-state index contributed by atoms with van der Waals surface area (Å²) in [5, 5.41) is 8.22. The van der Waals surface area contributed by atoms with Gasteiger partial charge in [-0.1, -0.05) is 34.8 Å². The highest BCUT2D eigenvalue weighted by atomic mass is 35.5. The smallest absolute Gasteiger partial charge is 0.341 e. The van der Waals surface area contributed by atoms with Crippen LogP contribution in [-0.4, -0.2) is 16.1 Å². The van der Waals surface area contributed by atoms with Gasteiger partial charge in [0.15, 0.2) is 5.15 Å². The Hall–Kier alpha value is -0.710. The molecule has 0 bridgehead atoms. The summed E-state index contributed by atoms with van der Waals surface area (Å²) in [5.74, 6) is -1.56. The number of nitrogens with two attached hydrogens (primary N) is 1. The van der Waals surface area contributed by atoms with Crippen molar-refractivity contribution in [1.82, 2.24) is 4.98 Å². The van der Waals surface area contributed by atoms with E-state index in [0.717, 1.165) is 0 Å². The quantitative estimate of drug-likeness (QED) is 0.740. The molecule has 13 heavy (non-hydrogen) atoms. The number of carbonyl (C=O) groups is 1. The molecule has 1 rings (SSSR count). The third-order valence-corrected chi connectivity index (χ3v) is 2.49. The number of anilines is 1. The van der Waals surface area contributed by atoms with E-state index in [0.29, 0.717) is 0 Å². The van der Waals surface area contributed by atoms with Crippen LogP contribution in [0.15, 0.2) is 0 Å². The lowest BCUT2D eigenvalue weighted by Gasteiger charge is -2.05. The molecule has 0 fully saturated rings. The lowest BCUT2D eigenvalue weighted by molar-refractivity contribution is 0.0698. The van der Waals surface area contributed by atoms with Crippen LogP contribution in [0.25, 0.3) is 0 Å². The lowest BCUT2D eigenvalue weighted by atomic mass is 10.2. The Labute approximate surface area is 88.2 Å². The van der Waals surface area contributed by atoms with Gasteiger partial charge in [-0.05, 0) is 0 Å². The average molecular weight is 241 g/mol. The van der Waals surface area contributed by atoms with Crippen LogP contribution in [-0.2, 0) is 0 Å². The van der Waals surface area contributed by atoms with Gasteiger partial charge in [0.2, 0.25) is 0 Å². The number of hydrogen-bond donors (Lipinski definition) is 2. The van der Waals surface area contributed by atoms with Gasteiger partial charge in [0.05, 0.1) is 10.0 Å². The van der Waals surface area contributed by atoms with E-state index in [1.54, 1.807) is 0 Å². The Bertz CT molecular complexity index is 381. The van der Waals surface area contributed by atoms with Crippen molar-refractivity contribution in [3.05, 3.63) is 20.8 Å². The Balaban J connectivity index is 3.53. The van der Waals surface area contributed by atoms with Gasteiger partial charge in [0.1, 0.15) is 11.4 Å². The molecule has 3 N–H and O–H groups in total. The van der Waals surface area contributed by atoms with Gasteiger partial charge in [-0.3, -0.25) is 0 Å². The molecule has 0 saturated heterocycles. The van der Waals surface area contributed by atoms with Crippen molar-refractivity contribution < 1.29 is 9.90 Å². The number of aromatic nitrogens is 1. The number of nitrogens with zero attached hydrogens (tertiary/aromatic N) is 1. The highest BCUT2D eigenvalue weighted by molar-refractivity contribution is 6.48. The fourth-order valence-corrected chi connectivity index (χ4v) is 1.36. The molecule has 0 saturated carbocycles. The second kappa shape index (κ2) is 3.57. The number of halogens is 3. The van der Waals surface area contributed by atoms with Crippen LogP contribution in [0.4, 0.5) is 5.82 Å². The van der Waals surface area contributed by atoms with Crippen LogP contribution in [0, 0.1) is 0 Å². The molecule has 0 spiro atoms. The summed E-state index contributed by atoms with van der Waals surface area (Å²) in [5.41, 5.74) is 4.94. The van der Waals surface area contributed by atoms with Gasteiger partial charge in [-0.15, -0.1) is 0 Å². The molecule has 70 valence electrons. The number of nitrogen functional groups attached to an aromatic ring is 1. The van der Waals surface area contributed by atoms with E-state index >= 15 is 0 Å². The van der Waals surface area contributed by atoms with Gasteiger partial charge >= 0.3 is 5.97 Å². The molecule has 4 nitrogen and oxygen atoms in total. The molecule has 0 aromatic carbocycles. The van der Waals surface area contributed by atoms with Crippen molar-refractivity contribution in [2.45, 2.75) is 0 Å². The van der Waals surface area contributed by atoms with Gasteiger partial charge in [0, 0.05) is 0 Å². The maximum atomic E-state index is 10.6. The molecule has 0 aliphatic rings. The summed E-state index contributed by atoms with van der Waals surface area (Å²) >= 11 is 16.6. The molecule has 1 heterocycles. The predicted molar refractivity (Wildman–Crippen MR) is 50.6 cm³/mol. The zero-order valence-corrected chi connectivity index (χ0v) is 8.28. The van der Waals surface area contributed by atoms with Crippen molar-refractivity contribution in [1.29, 1.82) is 0 Å². The minimum absolute atomic E-state index is 0.116. The Kier molecular flexibility index (Phi) is 2.85. The summed E-state index contributed by atoms with van der Waals surface area (Å²) in [6, 6.07) is 0. The Morgan fingerprint density at radius 2 is 1.85 bits per heavy atom. The SMILES string of the molecule is Nc1nc(Cl)c(Cl)c(Cl)c1C(=O)O. The van der Waals surface area contributed by atoms with Crippen molar-refractivity contribution in [3.8, 4) is 0 Å². The van der Waals surface area contributed by atoms with Crippen LogP contribution < -0.4 is 5.73 Å². The minimum atomic E-state index is -1.30. The number of hydrogen-bond acceptors (Lipinski definition) is 3. The largest absolute Gasteiger partial charge is 0.478 e. The number of carboxylic acids is 1. The summed E-state index contributed by atoms with van der Waals surface area (Å²) in [7, 11) is 0. The van der Waals surface area contributed by atoms with Crippen molar-refractivity contribution in [2.24, 2.45) is 0 Å². The van der Waals surface area contributed by atoms with E-state index < -0.39 is 5.97 Å². The minimum Gasteiger partial charge on any atom is -0.478 e. The topological polar surface area (TPSA) is 76.2 Å². The fourth-order valence-electron chi connectivity index (χ4n) is 0.727. The van der Waals surface area contributed by atoms with Gasteiger partial charge in [-0.2, -0.15) is 0 Å². The van der Waals surface area contributed by atoms with Gasteiger partial charge in [0.25, 0.3) is 0 Å². The molecule has 0 atom stereocenters. The highest BCUT2D eigenvalue weighted by Crippen LogP contribution is 2.33. The van der Waals surface area contributed by atoms with Crippen LogP contribution in [0.5, 0.6) is 0 Å². The van der Waals surface area contributed by atoms with Crippen LogP contribution in [0.2, 0.25) is 15.2 Å². The number of rotatable bonds is 1. The lowest BCUT2D eigenvalue weighted by Crippen LogP contribution is -2.06. The monoisotopic (exact) mass is 240 g/mol. The third-order valence-electron chi connectivity index (χ3n) is 1.28. The van der Waals surface area contributed by atoms with Crippen LogP contribution in [0.3, 0.4) is 0 Å². The van der Waals surface area contributed by atoms with Crippen molar-refractivity contribution in [2.75, 3.05) is 5.73 Å². The molecule has 0 aliphatic carbocycles. The zero-order chi connectivity index (χ0) is 10.2. The number of carboxylic acid groups (broad SMARTS) is 1. The van der Waals surface area contributed by atoms with Crippen LogP contribution in [0.1, 0.15) is 10.4 Å². The molecule has 0 unspecified atom stereocenters. The van der Waals surface area contributed by atoms with E-state index in [9.17, 15) is 4.79 Å². The second-order valence-corrected chi connectivity index (χ2v) is 3.21. The summed E-state index contributed by atoms with van der Waals surface area (Å²) < 4.78 is 0. The van der Waals surface area contributed by atoms with E-state index in [1.165, 1.54) is 0 Å². The number of aromatic carboxylic acids is 1. The van der Waals surface area contributed by atoms with E-state index in [4.69, 9.17) is 45.6 Å². The second-order valence-electron chi connectivity index (χ2n) is 2.10. The first kappa shape index (κ1) is 10.4. The highest BCUT2D eigenvalue weighted by Gasteiger charge is 2.19. The molecule has 0 radical (unpaired) electrons. The Morgan fingerprint density at radius 3 is 2.31 bits per heavy atom. The fraction of sp³-hybridized carbons (Fsp3) is 0. The molecule has 1 aromatic rings. The summed E-state index contributed by atoms with van der Waals surface area (Å²) in [6.45, 7) is 0. The molecular formula is C6H3Cl3N2O2. The first-order valence-corrected chi connectivity index (χ1v) is 4.11. The predicted octanol–water partition coefficient (Wildman–Crippen LogP) is 2.32. The summed E-state index contributed by atoms with van der Waals surface area (Å²) in [6.07, 6.45) is 0. The standard InChI is InChI=1S/C6H3Cl3N2O2/c7-2-1(6(12)13)5(10)11-4(9)3(2)8/h(H2,10,11)(H,12,13). The van der Waals surface area contributed by atoms with Crippen molar-refractivity contribution >= 4 is 46.6 Å². The molecular weight excluding hydrogens is 238 g/mol. The van der Waals surface area contributed by atoms with Gasteiger partial charge < -0.3 is 10.8 Å². The van der Waals surface area contributed by atoms with E-state index in [2.05, 4.69) is 4.98 Å². The maximum absolute atomic E-state index is 10.6. The van der Waals surface area contributed by atoms with E-state index in [1.807, 2.05) is 0 Å². The van der Waals surface area contributed by atoms with Crippen LogP contribution >= 0.6 is 34.8 Å². The molecule has 0 amide bonds. The maximum Gasteiger partial charge on any atom is 0.341 e. The number of pyridine rings is 1. The molecule has 7 heteroatoms. The summed E-state index contributed by atoms with van der Waals surface area (Å²) in [4.78, 5) is 14.1. The van der Waals surface area contributed by atoms with Gasteiger partial charge in [-0.25, -0.2) is 9.78 Å². The first-order valence-electron chi connectivity index (χ1n) is 2.98. The zero-order valence-electron chi connectivity index (χ0n) is 6.01. The molecule has 0 aliphatic heterocycles.